The van der Waals surface area contributed by atoms with Crippen molar-refractivity contribution in [3.8, 4) is 0 Å². The average molecular weight is 198 g/mol. The van der Waals surface area contributed by atoms with Gasteiger partial charge in [-0.15, -0.1) is 10.2 Å². The molecule has 0 aliphatic rings. The smallest absolute Gasteiger partial charge is 0.292 e. The standard InChI is InChI=1S/C7H14N6O/c1-13(2)5-3-4-8-7(14)6-9-11-12-10-6/h3-5H2,1-2H3,(H,8,14)(H,9,10,11,12). The van der Waals surface area contributed by atoms with E-state index in [1.54, 1.807) is 0 Å². The molecule has 0 fully saturated rings. The van der Waals surface area contributed by atoms with Crippen LogP contribution < -0.4 is 5.32 Å². The van der Waals surface area contributed by atoms with Gasteiger partial charge in [0.05, 0.1) is 0 Å². The van der Waals surface area contributed by atoms with E-state index >= 15 is 0 Å². The Morgan fingerprint density at radius 2 is 2.36 bits per heavy atom. The zero-order valence-corrected chi connectivity index (χ0v) is 8.32. The number of rotatable bonds is 5. The van der Waals surface area contributed by atoms with Gasteiger partial charge in [-0.2, -0.15) is 5.21 Å². The number of aromatic nitrogens is 4. The van der Waals surface area contributed by atoms with E-state index in [2.05, 4.69) is 30.8 Å². The third kappa shape index (κ3) is 3.48. The van der Waals surface area contributed by atoms with Crippen molar-refractivity contribution < 1.29 is 4.79 Å². The average Bonchev–Trinajstić information content (AvgIpc) is 2.64. The summed E-state index contributed by atoms with van der Waals surface area (Å²) in [5, 5.41) is 15.3. The fourth-order valence-electron chi connectivity index (χ4n) is 0.934. The molecule has 0 bridgehead atoms. The zero-order chi connectivity index (χ0) is 10.4. The van der Waals surface area contributed by atoms with Gasteiger partial charge in [-0.1, -0.05) is 0 Å². The Balaban J connectivity index is 2.16. The van der Waals surface area contributed by atoms with Crippen molar-refractivity contribution in [2.45, 2.75) is 6.42 Å². The Bertz CT molecular complexity index is 270. The second-order valence-electron chi connectivity index (χ2n) is 3.15. The summed E-state index contributed by atoms with van der Waals surface area (Å²) in [5.74, 6) is -0.215. The number of nitrogens with zero attached hydrogens (tertiary/aromatic N) is 4. The second kappa shape index (κ2) is 5.28. The monoisotopic (exact) mass is 198 g/mol. The Kier molecular flexibility index (Phi) is 3.99. The lowest BCUT2D eigenvalue weighted by atomic mass is 10.4. The molecule has 0 saturated heterocycles. The minimum atomic E-state index is -0.294. The van der Waals surface area contributed by atoms with E-state index in [1.165, 1.54) is 0 Å². The van der Waals surface area contributed by atoms with Gasteiger partial charge in [0.25, 0.3) is 11.7 Å². The molecule has 0 radical (unpaired) electrons. The number of hydrogen-bond donors (Lipinski definition) is 2. The second-order valence-corrected chi connectivity index (χ2v) is 3.15. The van der Waals surface area contributed by atoms with Crippen molar-refractivity contribution in [2.24, 2.45) is 0 Å². The van der Waals surface area contributed by atoms with Gasteiger partial charge in [0, 0.05) is 6.54 Å². The van der Waals surface area contributed by atoms with Gasteiger partial charge in [-0.3, -0.25) is 4.79 Å². The summed E-state index contributed by atoms with van der Waals surface area (Å²) in [6.07, 6.45) is 0.899. The van der Waals surface area contributed by atoms with E-state index in [4.69, 9.17) is 0 Å². The number of tetrazole rings is 1. The summed E-state index contributed by atoms with van der Waals surface area (Å²) in [5.41, 5.74) is 0. The molecule has 7 heteroatoms. The molecule has 0 aliphatic heterocycles. The van der Waals surface area contributed by atoms with E-state index in [-0.39, 0.29) is 11.7 Å². The first-order valence-corrected chi connectivity index (χ1v) is 4.36. The first-order chi connectivity index (χ1) is 6.70. The van der Waals surface area contributed by atoms with Crippen LogP contribution in [0.3, 0.4) is 0 Å². The molecule has 1 aromatic heterocycles. The third-order valence-corrected chi connectivity index (χ3v) is 1.62. The minimum absolute atomic E-state index is 0.0786. The number of hydrogen-bond acceptors (Lipinski definition) is 5. The van der Waals surface area contributed by atoms with Gasteiger partial charge in [0.1, 0.15) is 0 Å². The summed E-state index contributed by atoms with van der Waals surface area (Å²) in [6, 6.07) is 0. The van der Waals surface area contributed by atoms with E-state index in [0.717, 1.165) is 13.0 Å². The number of aromatic amines is 1. The lowest BCUT2D eigenvalue weighted by Crippen LogP contribution is -2.27. The molecule has 0 unspecified atom stereocenters. The van der Waals surface area contributed by atoms with E-state index in [9.17, 15) is 4.79 Å². The maximum absolute atomic E-state index is 11.2. The van der Waals surface area contributed by atoms with Crippen LogP contribution in [0.1, 0.15) is 17.0 Å². The van der Waals surface area contributed by atoms with Gasteiger partial charge in [-0.25, -0.2) is 0 Å². The first kappa shape index (κ1) is 10.6. The Morgan fingerprint density at radius 1 is 1.57 bits per heavy atom. The number of H-pyrrole nitrogens is 1. The summed E-state index contributed by atoms with van der Waals surface area (Å²) >= 11 is 0. The summed E-state index contributed by atoms with van der Waals surface area (Å²) in [7, 11) is 3.97. The van der Waals surface area contributed by atoms with E-state index in [0.29, 0.717) is 6.54 Å². The van der Waals surface area contributed by atoms with Crippen LogP contribution >= 0.6 is 0 Å². The topological polar surface area (TPSA) is 86.8 Å². The fraction of sp³-hybridized carbons (Fsp3) is 0.714. The molecule has 78 valence electrons. The summed E-state index contributed by atoms with van der Waals surface area (Å²) in [4.78, 5) is 13.3. The van der Waals surface area contributed by atoms with Crippen LogP contribution in [0.25, 0.3) is 0 Å². The Morgan fingerprint density at radius 3 is 2.93 bits per heavy atom. The number of amides is 1. The molecule has 2 N–H and O–H groups in total. The van der Waals surface area contributed by atoms with Crippen LogP contribution in [0.15, 0.2) is 0 Å². The maximum Gasteiger partial charge on any atom is 0.292 e. The predicted octanol–water partition coefficient (Wildman–Crippen LogP) is -1.12. The highest BCUT2D eigenvalue weighted by molar-refractivity contribution is 5.89. The van der Waals surface area contributed by atoms with Crippen molar-refractivity contribution in [1.29, 1.82) is 0 Å². The van der Waals surface area contributed by atoms with Crippen LogP contribution in [0.2, 0.25) is 0 Å². The van der Waals surface area contributed by atoms with Crippen LogP contribution in [-0.2, 0) is 0 Å². The Labute approximate surface area is 81.9 Å². The van der Waals surface area contributed by atoms with Crippen LogP contribution in [0, 0.1) is 0 Å². The fourth-order valence-corrected chi connectivity index (χ4v) is 0.934. The number of nitrogens with one attached hydrogen (secondary N) is 2. The molecular weight excluding hydrogens is 184 g/mol. The molecule has 0 aromatic carbocycles. The van der Waals surface area contributed by atoms with Crippen molar-refractivity contribution in [3.63, 3.8) is 0 Å². The molecule has 14 heavy (non-hydrogen) atoms. The van der Waals surface area contributed by atoms with Gasteiger partial charge in [0.2, 0.25) is 0 Å². The van der Waals surface area contributed by atoms with Gasteiger partial charge in [0.15, 0.2) is 0 Å². The largest absolute Gasteiger partial charge is 0.349 e. The van der Waals surface area contributed by atoms with E-state index < -0.39 is 0 Å². The van der Waals surface area contributed by atoms with Gasteiger partial charge in [-0.05, 0) is 32.3 Å². The number of carbonyl (C=O) groups excluding carboxylic acids is 1. The highest BCUT2D eigenvalue weighted by atomic mass is 16.2. The number of carbonyl (C=O) groups is 1. The molecule has 0 aliphatic carbocycles. The van der Waals surface area contributed by atoms with Crippen LogP contribution in [-0.4, -0.2) is 58.6 Å². The molecule has 1 heterocycles. The lowest BCUT2D eigenvalue weighted by Gasteiger charge is -2.08. The molecule has 7 nitrogen and oxygen atoms in total. The quantitative estimate of drug-likeness (QED) is 0.585. The van der Waals surface area contributed by atoms with Crippen LogP contribution in [0.4, 0.5) is 0 Å². The highest BCUT2D eigenvalue weighted by Crippen LogP contribution is 1.85. The van der Waals surface area contributed by atoms with Gasteiger partial charge >= 0.3 is 0 Å². The lowest BCUT2D eigenvalue weighted by molar-refractivity contribution is 0.0942. The highest BCUT2D eigenvalue weighted by Gasteiger charge is 2.08. The molecule has 1 rings (SSSR count). The first-order valence-electron chi connectivity index (χ1n) is 4.36. The van der Waals surface area contributed by atoms with E-state index in [1.807, 2.05) is 14.1 Å². The molecule has 0 spiro atoms. The molecular formula is C7H14N6O. The molecule has 1 aromatic rings. The molecule has 1 amide bonds. The van der Waals surface area contributed by atoms with Crippen molar-refractivity contribution in [3.05, 3.63) is 5.82 Å². The molecule has 0 saturated carbocycles. The molecule has 0 atom stereocenters. The van der Waals surface area contributed by atoms with Gasteiger partial charge < -0.3 is 10.2 Å². The van der Waals surface area contributed by atoms with Crippen LogP contribution in [0.5, 0.6) is 0 Å². The summed E-state index contributed by atoms with van der Waals surface area (Å²) in [6.45, 7) is 1.55. The zero-order valence-electron chi connectivity index (χ0n) is 8.32. The van der Waals surface area contributed by atoms with Crippen molar-refractivity contribution in [1.82, 2.24) is 30.8 Å². The SMILES string of the molecule is CN(C)CCCNC(=O)c1nn[nH]n1. The maximum atomic E-state index is 11.2. The van der Waals surface area contributed by atoms with Crippen molar-refractivity contribution in [2.75, 3.05) is 27.2 Å². The normalized spacial score (nSPS) is 10.5. The third-order valence-electron chi connectivity index (χ3n) is 1.62. The predicted molar refractivity (Wildman–Crippen MR) is 49.7 cm³/mol. The summed E-state index contributed by atoms with van der Waals surface area (Å²) < 4.78 is 0. The minimum Gasteiger partial charge on any atom is -0.349 e. The van der Waals surface area contributed by atoms with Crippen molar-refractivity contribution >= 4 is 5.91 Å². The Hall–Kier alpha value is -1.50.